The van der Waals surface area contributed by atoms with Crippen LogP contribution in [0.25, 0.3) is 0 Å². The first-order valence-corrected chi connectivity index (χ1v) is 10.6. The van der Waals surface area contributed by atoms with E-state index in [0.717, 1.165) is 31.2 Å². The zero-order chi connectivity index (χ0) is 18.5. The average Bonchev–Trinajstić information content (AvgIpc) is 2.81. The normalized spacial score (nSPS) is 17.1. The summed E-state index contributed by atoms with van der Waals surface area (Å²) >= 11 is 0. The minimum atomic E-state index is -3.68. The molecule has 0 bridgehead atoms. The van der Waals surface area contributed by atoms with Crippen LogP contribution in [-0.4, -0.2) is 26.9 Å². The van der Waals surface area contributed by atoms with Crippen molar-refractivity contribution in [1.29, 1.82) is 0 Å². The maximum atomic E-state index is 12.4. The SMILES string of the molecule is CC(C)(C)c1ccc(S(=O)(=O)NCC(=O)NC2CCCCCC2)cc1. The Hall–Kier alpha value is -1.40. The van der Waals surface area contributed by atoms with Gasteiger partial charge in [0.2, 0.25) is 15.9 Å². The Labute approximate surface area is 151 Å². The van der Waals surface area contributed by atoms with Crippen LogP contribution in [0.2, 0.25) is 0 Å². The van der Waals surface area contributed by atoms with E-state index in [1.54, 1.807) is 12.1 Å². The molecule has 0 spiro atoms. The predicted octanol–water partition coefficient (Wildman–Crippen LogP) is 3.10. The molecule has 1 aromatic carbocycles. The summed E-state index contributed by atoms with van der Waals surface area (Å²) < 4.78 is 27.1. The summed E-state index contributed by atoms with van der Waals surface area (Å²) in [6.07, 6.45) is 6.63. The van der Waals surface area contributed by atoms with Crippen molar-refractivity contribution in [3.63, 3.8) is 0 Å². The van der Waals surface area contributed by atoms with Crippen LogP contribution in [0, 0.1) is 0 Å². The molecule has 1 amide bonds. The van der Waals surface area contributed by atoms with Crippen LogP contribution >= 0.6 is 0 Å². The van der Waals surface area contributed by atoms with Gasteiger partial charge in [0.25, 0.3) is 0 Å². The summed E-state index contributed by atoms with van der Waals surface area (Å²) in [5.74, 6) is -0.262. The van der Waals surface area contributed by atoms with E-state index in [-0.39, 0.29) is 28.8 Å². The van der Waals surface area contributed by atoms with E-state index in [1.807, 2.05) is 12.1 Å². The van der Waals surface area contributed by atoms with Gasteiger partial charge in [-0.25, -0.2) is 13.1 Å². The van der Waals surface area contributed by atoms with E-state index in [2.05, 4.69) is 30.8 Å². The lowest BCUT2D eigenvalue weighted by molar-refractivity contribution is -0.120. The Bertz CT molecular complexity index is 668. The second kappa shape index (κ2) is 8.32. The van der Waals surface area contributed by atoms with Gasteiger partial charge in [-0.05, 0) is 36.0 Å². The van der Waals surface area contributed by atoms with Gasteiger partial charge in [0.15, 0.2) is 0 Å². The summed E-state index contributed by atoms with van der Waals surface area (Å²) in [7, 11) is -3.68. The zero-order valence-electron chi connectivity index (χ0n) is 15.5. The fourth-order valence-corrected chi connectivity index (χ4v) is 4.06. The monoisotopic (exact) mass is 366 g/mol. The predicted molar refractivity (Wildman–Crippen MR) is 100.0 cm³/mol. The number of rotatable bonds is 5. The summed E-state index contributed by atoms with van der Waals surface area (Å²) in [6.45, 7) is 6.01. The number of hydrogen-bond donors (Lipinski definition) is 2. The van der Waals surface area contributed by atoms with Crippen LogP contribution in [0.5, 0.6) is 0 Å². The van der Waals surface area contributed by atoms with Crippen molar-refractivity contribution in [3.8, 4) is 0 Å². The number of hydrogen-bond acceptors (Lipinski definition) is 3. The Morgan fingerprint density at radius 3 is 2.12 bits per heavy atom. The van der Waals surface area contributed by atoms with Crippen LogP contribution in [0.15, 0.2) is 29.2 Å². The molecule has 6 heteroatoms. The van der Waals surface area contributed by atoms with Crippen LogP contribution in [0.4, 0.5) is 0 Å². The van der Waals surface area contributed by atoms with Crippen molar-refractivity contribution >= 4 is 15.9 Å². The van der Waals surface area contributed by atoms with Crippen LogP contribution in [-0.2, 0) is 20.2 Å². The number of benzene rings is 1. The molecule has 0 saturated heterocycles. The van der Waals surface area contributed by atoms with E-state index in [1.165, 1.54) is 12.8 Å². The molecule has 0 unspecified atom stereocenters. The highest BCUT2D eigenvalue weighted by atomic mass is 32.2. The molecular formula is C19H30N2O3S. The van der Waals surface area contributed by atoms with Crippen molar-refractivity contribution in [2.75, 3.05) is 6.54 Å². The van der Waals surface area contributed by atoms with Gasteiger partial charge in [-0.3, -0.25) is 4.79 Å². The largest absolute Gasteiger partial charge is 0.352 e. The molecule has 1 aliphatic rings. The Balaban J connectivity index is 1.91. The number of sulfonamides is 1. The first kappa shape index (κ1) is 19.9. The maximum absolute atomic E-state index is 12.4. The molecule has 1 aromatic rings. The van der Waals surface area contributed by atoms with Gasteiger partial charge < -0.3 is 5.32 Å². The molecule has 0 aliphatic heterocycles. The molecule has 2 N–H and O–H groups in total. The van der Waals surface area contributed by atoms with Crippen molar-refractivity contribution < 1.29 is 13.2 Å². The molecule has 140 valence electrons. The molecule has 5 nitrogen and oxygen atoms in total. The topological polar surface area (TPSA) is 75.3 Å². The van der Waals surface area contributed by atoms with Crippen LogP contribution in [0.1, 0.15) is 64.9 Å². The van der Waals surface area contributed by atoms with Gasteiger partial charge in [-0.1, -0.05) is 58.6 Å². The lowest BCUT2D eigenvalue weighted by Gasteiger charge is -2.19. The highest BCUT2D eigenvalue weighted by molar-refractivity contribution is 7.89. The quantitative estimate of drug-likeness (QED) is 0.786. The van der Waals surface area contributed by atoms with Gasteiger partial charge >= 0.3 is 0 Å². The molecule has 1 aliphatic carbocycles. The van der Waals surface area contributed by atoms with Gasteiger partial charge in [0, 0.05) is 6.04 Å². The molecule has 0 heterocycles. The molecule has 1 fully saturated rings. The van der Waals surface area contributed by atoms with Crippen LogP contribution in [0.3, 0.4) is 0 Å². The zero-order valence-corrected chi connectivity index (χ0v) is 16.3. The van der Waals surface area contributed by atoms with E-state index < -0.39 is 10.0 Å². The van der Waals surface area contributed by atoms with E-state index in [0.29, 0.717) is 0 Å². The van der Waals surface area contributed by atoms with Gasteiger partial charge in [0.05, 0.1) is 11.4 Å². The van der Waals surface area contributed by atoms with Crippen molar-refractivity contribution in [3.05, 3.63) is 29.8 Å². The number of carbonyl (C=O) groups is 1. The molecule has 0 atom stereocenters. The number of nitrogens with one attached hydrogen (secondary N) is 2. The summed E-state index contributed by atoms with van der Waals surface area (Å²) in [5, 5.41) is 2.95. The molecule has 0 aromatic heterocycles. The fourth-order valence-electron chi connectivity index (χ4n) is 3.08. The minimum Gasteiger partial charge on any atom is -0.352 e. The third-order valence-electron chi connectivity index (χ3n) is 4.67. The summed E-state index contributed by atoms with van der Waals surface area (Å²) in [6, 6.07) is 6.99. The second-order valence-corrected chi connectivity index (χ2v) is 9.62. The van der Waals surface area contributed by atoms with Gasteiger partial charge in [-0.2, -0.15) is 0 Å². The van der Waals surface area contributed by atoms with E-state index >= 15 is 0 Å². The molecular weight excluding hydrogens is 336 g/mol. The van der Waals surface area contributed by atoms with Gasteiger partial charge in [-0.15, -0.1) is 0 Å². The highest BCUT2D eigenvalue weighted by Crippen LogP contribution is 2.23. The average molecular weight is 367 g/mol. The first-order chi connectivity index (χ1) is 11.7. The molecule has 0 radical (unpaired) electrons. The van der Waals surface area contributed by atoms with Crippen molar-refractivity contribution in [2.24, 2.45) is 0 Å². The maximum Gasteiger partial charge on any atom is 0.241 e. The molecule has 1 saturated carbocycles. The van der Waals surface area contributed by atoms with Crippen LogP contribution < -0.4 is 10.0 Å². The minimum absolute atomic E-state index is 0.0334. The number of amides is 1. The molecule has 25 heavy (non-hydrogen) atoms. The van der Waals surface area contributed by atoms with Gasteiger partial charge in [0.1, 0.15) is 0 Å². The molecule has 2 rings (SSSR count). The lowest BCUT2D eigenvalue weighted by Crippen LogP contribution is -2.41. The standard InChI is InChI=1S/C19H30N2O3S/c1-19(2,3)15-10-12-17(13-11-15)25(23,24)20-14-18(22)21-16-8-6-4-5-7-9-16/h10-13,16,20H,4-9,14H2,1-3H3,(H,21,22). The third kappa shape index (κ3) is 6.12. The van der Waals surface area contributed by atoms with Crippen molar-refractivity contribution in [1.82, 2.24) is 10.0 Å². The number of carbonyl (C=O) groups excluding carboxylic acids is 1. The second-order valence-electron chi connectivity index (χ2n) is 7.85. The Kier molecular flexibility index (Phi) is 6.63. The van der Waals surface area contributed by atoms with E-state index in [4.69, 9.17) is 0 Å². The smallest absolute Gasteiger partial charge is 0.241 e. The lowest BCUT2D eigenvalue weighted by atomic mass is 9.87. The van der Waals surface area contributed by atoms with E-state index in [9.17, 15) is 13.2 Å². The Morgan fingerprint density at radius 1 is 1.04 bits per heavy atom. The third-order valence-corrected chi connectivity index (χ3v) is 6.09. The summed E-state index contributed by atoms with van der Waals surface area (Å²) in [5.41, 5.74) is 1.03. The summed E-state index contributed by atoms with van der Waals surface area (Å²) in [4.78, 5) is 12.2. The fraction of sp³-hybridized carbons (Fsp3) is 0.632. The Morgan fingerprint density at radius 2 is 1.60 bits per heavy atom. The highest BCUT2D eigenvalue weighted by Gasteiger charge is 2.20. The van der Waals surface area contributed by atoms with Crippen molar-refractivity contribution in [2.45, 2.75) is 75.6 Å². The first-order valence-electron chi connectivity index (χ1n) is 9.08.